The Morgan fingerprint density at radius 2 is 1.79 bits per heavy atom. The third kappa shape index (κ3) is 2.83. The minimum absolute atomic E-state index is 0.571. The average molecular weight is 383 g/mol. The molecule has 29 heavy (non-hydrogen) atoms. The topological polar surface area (TPSA) is 40.8 Å². The van der Waals surface area contributed by atoms with Crippen LogP contribution in [0.15, 0.2) is 53.1 Å². The van der Waals surface area contributed by atoms with Gasteiger partial charge in [-0.1, -0.05) is 31.4 Å². The summed E-state index contributed by atoms with van der Waals surface area (Å²) in [5.74, 6) is -0.761. The van der Waals surface area contributed by atoms with E-state index in [2.05, 4.69) is 35.8 Å². The van der Waals surface area contributed by atoms with E-state index in [1.54, 1.807) is 0 Å². The first-order chi connectivity index (χ1) is 14.5. The third-order valence-electron chi connectivity index (χ3n) is 6.26. The zero-order valence-electron chi connectivity index (χ0n) is 18.0. The summed E-state index contributed by atoms with van der Waals surface area (Å²) in [6.07, 6.45) is 6.79. The standard InChI is InChI=1S/C26H25N2O/c1-17-11-13-20-21-14-12-19(16-27)24(18-8-4-3-5-9-18)26(21)29-25(20)23(17)22-10-6-7-15-28(22)2/h6-7,10-15,18H,3-5,8-9H2,1-2H3/q+1/i18D. The second-order valence-electron chi connectivity index (χ2n) is 8.07. The van der Waals surface area contributed by atoms with Crippen molar-refractivity contribution in [3.8, 4) is 17.3 Å². The minimum atomic E-state index is -0.761. The molecule has 2 aromatic carbocycles. The van der Waals surface area contributed by atoms with Gasteiger partial charge in [-0.25, -0.2) is 4.57 Å². The molecule has 0 radical (unpaired) electrons. The van der Waals surface area contributed by atoms with E-state index >= 15 is 0 Å². The van der Waals surface area contributed by atoms with Crippen LogP contribution >= 0.6 is 0 Å². The van der Waals surface area contributed by atoms with Gasteiger partial charge < -0.3 is 4.42 Å². The first-order valence-corrected chi connectivity index (χ1v) is 10.4. The molecular formula is C26H25N2O+. The van der Waals surface area contributed by atoms with Crippen molar-refractivity contribution in [1.29, 1.82) is 5.26 Å². The van der Waals surface area contributed by atoms with Gasteiger partial charge >= 0.3 is 0 Å². The van der Waals surface area contributed by atoms with Crippen LogP contribution < -0.4 is 4.57 Å². The Labute approximate surface area is 172 Å². The van der Waals surface area contributed by atoms with Gasteiger partial charge in [-0.15, -0.1) is 0 Å². The second-order valence-corrected chi connectivity index (χ2v) is 8.07. The fraction of sp³-hybridized carbons (Fsp3) is 0.308. The number of pyridine rings is 1. The summed E-state index contributed by atoms with van der Waals surface area (Å²) in [5, 5.41) is 11.9. The molecule has 2 heterocycles. The van der Waals surface area contributed by atoms with Crippen LogP contribution in [0.3, 0.4) is 0 Å². The van der Waals surface area contributed by atoms with Gasteiger partial charge in [0.1, 0.15) is 18.2 Å². The Morgan fingerprint density at radius 3 is 2.55 bits per heavy atom. The molecule has 4 aromatic rings. The smallest absolute Gasteiger partial charge is 0.216 e. The van der Waals surface area contributed by atoms with E-state index in [0.717, 1.165) is 70.8 Å². The SMILES string of the molecule is [2H]C1(c2c(C#N)ccc3c2oc2c(-c4cccc[n+]4C)c(C)ccc23)CCCCC1. The average Bonchev–Trinajstić information content (AvgIpc) is 3.12. The van der Waals surface area contributed by atoms with E-state index < -0.39 is 5.89 Å². The molecule has 0 amide bonds. The van der Waals surface area contributed by atoms with E-state index in [-0.39, 0.29) is 0 Å². The van der Waals surface area contributed by atoms with Crippen LogP contribution in [0.2, 0.25) is 0 Å². The lowest BCUT2D eigenvalue weighted by molar-refractivity contribution is -0.660. The van der Waals surface area contributed by atoms with Crippen molar-refractivity contribution in [2.75, 3.05) is 0 Å². The first-order valence-electron chi connectivity index (χ1n) is 10.9. The third-order valence-corrected chi connectivity index (χ3v) is 6.26. The number of nitrogens with zero attached hydrogens (tertiary/aromatic N) is 2. The molecule has 0 bridgehead atoms. The summed E-state index contributed by atoms with van der Waals surface area (Å²) in [6, 6.07) is 16.6. The van der Waals surface area contributed by atoms with Crippen LogP contribution in [0.25, 0.3) is 33.2 Å². The number of aryl methyl sites for hydroxylation is 2. The summed E-state index contributed by atoms with van der Waals surface area (Å²) < 4.78 is 17.9. The minimum Gasteiger partial charge on any atom is -0.455 e. The van der Waals surface area contributed by atoms with Crippen molar-refractivity contribution in [3.05, 3.63) is 65.4 Å². The molecule has 0 atom stereocenters. The van der Waals surface area contributed by atoms with Crippen molar-refractivity contribution in [2.45, 2.75) is 44.9 Å². The summed E-state index contributed by atoms with van der Waals surface area (Å²) in [4.78, 5) is 0. The molecule has 0 N–H and O–H groups in total. The quantitative estimate of drug-likeness (QED) is 0.381. The zero-order chi connectivity index (χ0) is 20.9. The predicted octanol–water partition coefficient (Wildman–Crippen LogP) is 6.31. The van der Waals surface area contributed by atoms with Crippen LogP contribution in [0, 0.1) is 18.3 Å². The maximum atomic E-state index is 9.83. The normalized spacial score (nSPS) is 16.7. The van der Waals surface area contributed by atoms with Crippen LogP contribution in [0.5, 0.6) is 0 Å². The van der Waals surface area contributed by atoms with Crippen molar-refractivity contribution in [3.63, 3.8) is 0 Å². The Kier molecular flexibility index (Phi) is 4.08. The van der Waals surface area contributed by atoms with Gasteiger partial charge in [0.2, 0.25) is 5.69 Å². The molecule has 1 fully saturated rings. The van der Waals surface area contributed by atoms with Crippen molar-refractivity contribution < 1.29 is 10.4 Å². The lowest BCUT2D eigenvalue weighted by Crippen LogP contribution is -2.30. The van der Waals surface area contributed by atoms with Crippen LogP contribution in [0.1, 0.15) is 56.1 Å². The second kappa shape index (κ2) is 7.04. The number of hydrogen-bond donors (Lipinski definition) is 0. The zero-order valence-corrected chi connectivity index (χ0v) is 17.0. The Morgan fingerprint density at radius 1 is 1.03 bits per heavy atom. The maximum absolute atomic E-state index is 9.83. The summed E-state index contributed by atoms with van der Waals surface area (Å²) >= 11 is 0. The van der Waals surface area contributed by atoms with Crippen LogP contribution in [-0.4, -0.2) is 0 Å². The molecule has 0 aliphatic heterocycles. The molecule has 3 nitrogen and oxygen atoms in total. The van der Waals surface area contributed by atoms with E-state index in [9.17, 15) is 6.63 Å². The number of aromatic nitrogens is 1. The van der Waals surface area contributed by atoms with Gasteiger partial charge in [-0.3, -0.25) is 0 Å². The summed E-state index contributed by atoms with van der Waals surface area (Å²) in [5.41, 5.74) is 6.19. The fourth-order valence-corrected chi connectivity index (χ4v) is 4.78. The van der Waals surface area contributed by atoms with Crippen LogP contribution in [0.4, 0.5) is 0 Å². The largest absolute Gasteiger partial charge is 0.455 e. The number of fused-ring (bicyclic) bond motifs is 3. The summed E-state index contributed by atoms with van der Waals surface area (Å²) in [6.45, 7) is 2.10. The number of nitriles is 1. The number of benzene rings is 2. The highest BCUT2D eigenvalue weighted by molar-refractivity contribution is 6.11. The van der Waals surface area contributed by atoms with Crippen molar-refractivity contribution in [1.82, 2.24) is 0 Å². The van der Waals surface area contributed by atoms with Gasteiger partial charge in [0.25, 0.3) is 0 Å². The fourth-order valence-electron chi connectivity index (χ4n) is 4.78. The van der Waals surface area contributed by atoms with Gasteiger partial charge in [-0.2, -0.15) is 5.26 Å². The molecular weight excluding hydrogens is 356 g/mol. The Balaban J connectivity index is 1.88. The van der Waals surface area contributed by atoms with Gasteiger partial charge in [0.05, 0.1) is 17.2 Å². The summed E-state index contributed by atoms with van der Waals surface area (Å²) in [7, 11) is 2.04. The van der Waals surface area contributed by atoms with E-state index in [0.29, 0.717) is 11.1 Å². The molecule has 0 saturated heterocycles. The van der Waals surface area contributed by atoms with Gasteiger partial charge in [-0.05, 0) is 49.4 Å². The molecule has 0 unspecified atom stereocenters. The van der Waals surface area contributed by atoms with Crippen LogP contribution in [-0.2, 0) is 7.05 Å². The maximum Gasteiger partial charge on any atom is 0.216 e. The Bertz CT molecular complexity index is 1320. The molecule has 1 saturated carbocycles. The monoisotopic (exact) mass is 382 g/mol. The molecule has 0 spiro atoms. The number of rotatable bonds is 2. The molecule has 5 rings (SSSR count). The lowest BCUT2D eigenvalue weighted by atomic mass is 9.81. The number of furan rings is 1. The first kappa shape index (κ1) is 16.8. The number of hydrogen-bond acceptors (Lipinski definition) is 2. The lowest BCUT2D eigenvalue weighted by Gasteiger charge is -2.22. The molecule has 144 valence electrons. The highest BCUT2D eigenvalue weighted by atomic mass is 16.3. The Hall–Kier alpha value is -3.12. The molecule has 1 aliphatic rings. The van der Waals surface area contributed by atoms with E-state index in [1.807, 2.05) is 37.5 Å². The van der Waals surface area contributed by atoms with E-state index in [4.69, 9.17) is 4.42 Å². The van der Waals surface area contributed by atoms with Crippen molar-refractivity contribution >= 4 is 21.9 Å². The predicted molar refractivity (Wildman–Crippen MR) is 116 cm³/mol. The highest BCUT2D eigenvalue weighted by Crippen LogP contribution is 2.43. The van der Waals surface area contributed by atoms with Gasteiger partial charge in [0, 0.05) is 29.8 Å². The molecule has 1 aliphatic carbocycles. The molecule has 2 aromatic heterocycles. The highest BCUT2D eigenvalue weighted by Gasteiger charge is 2.26. The van der Waals surface area contributed by atoms with Crippen molar-refractivity contribution in [2.24, 2.45) is 7.05 Å². The van der Waals surface area contributed by atoms with E-state index in [1.165, 1.54) is 0 Å². The van der Waals surface area contributed by atoms with Gasteiger partial charge in [0.15, 0.2) is 6.20 Å². The molecule has 3 heteroatoms.